The Morgan fingerprint density at radius 2 is 1.91 bits per heavy atom. The van der Waals surface area contributed by atoms with E-state index >= 15 is 0 Å². The van der Waals surface area contributed by atoms with E-state index in [4.69, 9.17) is 9.47 Å². The number of benzene rings is 2. The van der Waals surface area contributed by atoms with Gasteiger partial charge in [0, 0.05) is 39.4 Å². The number of imidazole rings is 1. The van der Waals surface area contributed by atoms with Crippen LogP contribution in [0, 0.1) is 0 Å². The summed E-state index contributed by atoms with van der Waals surface area (Å²) in [5.41, 5.74) is 2.73. The predicted molar refractivity (Wildman–Crippen MR) is 129 cm³/mol. The van der Waals surface area contributed by atoms with Gasteiger partial charge in [0.25, 0.3) is 0 Å². The van der Waals surface area contributed by atoms with Crippen molar-refractivity contribution in [3.05, 3.63) is 53.9 Å². The van der Waals surface area contributed by atoms with E-state index < -0.39 is 16.0 Å². The SMILES string of the molecule is CCCn1c(COC(=O)c2cccc(N(C)C)c2)nc2cc(S(=O)(=O)N3CCOCC3)ccc21. The molecule has 9 nitrogen and oxygen atoms in total. The van der Waals surface area contributed by atoms with Crippen LogP contribution in [0.15, 0.2) is 47.4 Å². The van der Waals surface area contributed by atoms with Crippen LogP contribution in [0.3, 0.4) is 0 Å². The summed E-state index contributed by atoms with van der Waals surface area (Å²) in [5, 5.41) is 0. The number of carbonyl (C=O) groups is 1. The molecule has 1 saturated heterocycles. The van der Waals surface area contributed by atoms with E-state index in [2.05, 4.69) is 4.98 Å². The smallest absolute Gasteiger partial charge is 0.338 e. The average Bonchev–Trinajstić information content (AvgIpc) is 3.20. The van der Waals surface area contributed by atoms with Gasteiger partial charge in [0.05, 0.1) is 34.7 Å². The first-order valence-electron chi connectivity index (χ1n) is 11.3. The van der Waals surface area contributed by atoms with Crippen molar-refractivity contribution in [2.75, 3.05) is 45.3 Å². The number of aromatic nitrogens is 2. The van der Waals surface area contributed by atoms with Gasteiger partial charge in [-0.25, -0.2) is 18.2 Å². The van der Waals surface area contributed by atoms with Crippen LogP contribution in [0.1, 0.15) is 29.5 Å². The zero-order chi connectivity index (χ0) is 24.3. The summed E-state index contributed by atoms with van der Waals surface area (Å²) in [5.74, 6) is 0.143. The second-order valence-corrected chi connectivity index (χ2v) is 10.3. The van der Waals surface area contributed by atoms with Crippen LogP contribution < -0.4 is 4.90 Å². The molecule has 2 aromatic carbocycles. The van der Waals surface area contributed by atoms with Crippen LogP contribution in [-0.4, -0.2) is 68.6 Å². The summed E-state index contributed by atoms with van der Waals surface area (Å²) in [4.78, 5) is 19.4. The molecule has 0 unspecified atom stereocenters. The Balaban J connectivity index is 1.59. The van der Waals surface area contributed by atoms with Gasteiger partial charge < -0.3 is 18.9 Å². The molecule has 1 fully saturated rings. The molecular formula is C24H30N4O5S. The fourth-order valence-corrected chi connectivity index (χ4v) is 5.39. The minimum atomic E-state index is -3.63. The van der Waals surface area contributed by atoms with Crippen molar-refractivity contribution >= 4 is 32.7 Å². The quantitative estimate of drug-likeness (QED) is 0.452. The zero-order valence-corrected chi connectivity index (χ0v) is 20.5. The number of sulfonamides is 1. The van der Waals surface area contributed by atoms with Gasteiger partial charge in [-0.15, -0.1) is 0 Å². The van der Waals surface area contributed by atoms with E-state index in [0.717, 1.165) is 17.6 Å². The number of hydrogen-bond acceptors (Lipinski definition) is 7. The third-order valence-electron chi connectivity index (χ3n) is 5.78. The highest BCUT2D eigenvalue weighted by Crippen LogP contribution is 2.24. The van der Waals surface area contributed by atoms with Crippen LogP contribution in [0.2, 0.25) is 0 Å². The minimum Gasteiger partial charge on any atom is -0.454 e. The van der Waals surface area contributed by atoms with Crippen molar-refractivity contribution in [1.82, 2.24) is 13.9 Å². The van der Waals surface area contributed by atoms with Crippen molar-refractivity contribution in [3.63, 3.8) is 0 Å². The molecule has 0 spiro atoms. The number of morpholine rings is 1. The molecule has 34 heavy (non-hydrogen) atoms. The van der Waals surface area contributed by atoms with Crippen molar-refractivity contribution < 1.29 is 22.7 Å². The first-order chi connectivity index (χ1) is 16.3. The molecule has 10 heteroatoms. The highest BCUT2D eigenvalue weighted by molar-refractivity contribution is 7.89. The fourth-order valence-electron chi connectivity index (χ4n) is 3.96. The zero-order valence-electron chi connectivity index (χ0n) is 19.7. The molecule has 3 aromatic rings. The van der Waals surface area contributed by atoms with Crippen molar-refractivity contribution in [1.29, 1.82) is 0 Å². The summed E-state index contributed by atoms with van der Waals surface area (Å²) in [6, 6.07) is 12.2. The number of ether oxygens (including phenoxy) is 2. The summed E-state index contributed by atoms with van der Waals surface area (Å²) in [6.45, 7) is 4.16. The predicted octanol–water partition coefficient (Wildman–Crippen LogP) is 2.89. The molecule has 1 aliphatic heterocycles. The summed E-state index contributed by atoms with van der Waals surface area (Å²) in [7, 11) is 0.188. The summed E-state index contributed by atoms with van der Waals surface area (Å²) < 4.78 is 40.4. The third kappa shape index (κ3) is 4.94. The van der Waals surface area contributed by atoms with Gasteiger partial charge in [-0.3, -0.25) is 0 Å². The number of anilines is 1. The Hall–Kier alpha value is -2.95. The minimum absolute atomic E-state index is 0.00868. The molecule has 1 aromatic heterocycles. The Bertz CT molecular complexity index is 1280. The van der Waals surface area contributed by atoms with E-state index in [1.165, 1.54) is 4.31 Å². The van der Waals surface area contributed by atoms with Crippen LogP contribution >= 0.6 is 0 Å². The van der Waals surface area contributed by atoms with Crippen LogP contribution in [0.5, 0.6) is 0 Å². The van der Waals surface area contributed by atoms with Gasteiger partial charge in [0.1, 0.15) is 12.4 Å². The van der Waals surface area contributed by atoms with Gasteiger partial charge in [-0.1, -0.05) is 13.0 Å². The molecule has 0 radical (unpaired) electrons. The lowest BCUT2D eigenvalue weighted by atomic mass is 10.2. The lowest BCUT2D eigenvalue weighted by Gasteiger charge is -2.26. The van der Waals surface area contributed by atoms with E-state index in [0.29, 0.717) is 49.8 Å². The van der Waals surface area contributed by atoms with Gasteiger partial charge in [-0.2, -0.15) is 4.31 Å². The maximum Gasteiger partial charge on any atom is 0.338 e. The van der Waals surface area contributed by atoms with E-state index in [1.807, 2.05) is 42.6 Å². The molecule has 182 valence electrons. The summed E-state index contributed by atoms with van der Waals surface area (Å²) >= 11 is 0. The van der Waals surface area contributed by atoms with E-state index in [-0.39, 0.29) is 11.5 Å². The van der Waals surface area contributed by atoms with Crippen LogP contribution in [0.4, 0.5) is 5.69 Å². The van der Waals surface area contributed by atoms with Crippen molar-refractivity contribution in [3.8, 4) is 0 Å². The topological polar surface area (TPSA) is 94.0 Å². The van der Waals surface area contributed by atoms with Crippen LogP contribution in [-0.2, 0) is 32.6 Å². The second kappa shape index (κ2) is 10.1. The molecule has 0 N–H and O–H groups in total. The molecule has 1 aliphatic rings. The first kappa shape index (κ1) is 24.2. The standard InChI is InChI=1S/C24H30N4O5S/c1-4-10-28-22-9-8-20(34(30,31)27-11-13-32-14-12-27)16-21(22)25-23(28)17-33-24(29)18-6-5-7-19(15-18)26(2)3/h5-9,15-16H,4,10-14,17H2,1-3H3. The van der Waals surface area contributed by atoms with Gasteiger partial charge in [0.15, 0.2) is 0 Å². The van der Waals surface area contributed by atoms with Gasteiger partial charge in [-0.05, 0) is 42.8 Å². The highest BCUT2D eigenvalue weighted by Gasteiger charge is 2.27. The van der Waals surface area contributed by atoms with E-state index in [1.54, 1.807) is 30.3 Å². The second-order valence-electron chi connectivity index (χ2n) is 8.37. The van der Waals surface area contributed by atoms with Crippen molar-refractivity contribution in [2.24, 2.45) is 0 Å². The Labute approximate surface area is 199 Å². The van der Waals surface area contributed by atoms with E-state index in [9.17, 15) is 13.2 Å². The molecule has 0 amide bonds. The number of carbonyl (C=O) groups excluding carboxylic acids is 1. The molecular weight excluding hydrogens is 456 g/mol. The van der Waals surface area contributed by atoms with Crippen molar-refractivity contribution in [2.45, 2.75) is 31.4 Å². The van der Waals surface area contributed by atoms with Crippen LogP contribution in [0.25, 0.3) is 11.0 Å². The molecule has 4 rings (SSSR count). The maximum absolute atomic E-state index is 13.1. The normalized spacial score (nSPS) is 14.9. The molecule has 0 bridgehead atoms. The lowest BCUT2D eigenvalue weighted by Crippen LogP contribution is -2.40. The highest BCUT2D eigenvalue weighted by atomic mass is 32.2. The maximum atomic E-state index is 13.1. The van der Waals surface area contributed by atoms with Gasteiger partial charge >= 0.3 is 5.97 Å². The fraction of sp³-hybridized carbons (Fsp3) is 0.417. The first-order valence-corrected chi connectivity index (χ1v) is 12.8. The lowest BCUT2D eigenvalue weighted by molar-refractivity contribution is 0.0458. The molecule has 2 heterocycles. The third-order valence-corrected chi connectivity index (χ3v) is 7.68. The largest absolute Gasteiger partial charge is 0.454 e. The number of esters is 1. The monoisotopic (exact) mass is 486 g/mol. The number of aryl methyl sites for hydroxylation is 1. The molecule has 0 atom stereocenters. The number of fused-ring (bicyclic) bond motifs is 1. The summed E-state index contributed by atoms with van der Waals surface area (Å²) in [6.07, 6.45) is 0.852. The Morgan fingerprint density at radius 1 is 1.15 bits per heavy atom. The Morgan fingerprint density at radius 3 is 2.62 bits per heavy atom. The number of hydrogen-bond donors (Lipinski definition) is 0. The Kier molecular flexibility index (Phi) is 7.20. The molecule has 0 aliphatic carbocycles. The number of nitrogens with zero attached hydrogens (tertiary/aromatic N) is 4. The molecule has 0 saturated carbocycles. The average molecular weight is 487 g/mol. The van der Waals surface area contributed by atoms with Gasteiger partial charge in [0.2, 0.25) is 10.0 Å². The number of rotatable bonds is 8.